The number of anilines is 4. The second-order valence-electron chi connectivity index (χ2n) is 19.8. The smallest absolute Gasteiger partial charge is 0.264 e. The topological polar surface area (TPSA) is 123 Å². The van der Waals surface area contributed by atoms with E-state index in [0.29, 0.717) is 22.9 Å². The van der Waals surface area contributed by atoms with Crippen LogP contribution in [0.5, 0.6) is 11.5 Å². The molecule has 0 unspecified atom stereocenters. The van der Waals surface area contributed by atoms with Crippen molar-refractivity contribution in [2.75, 3.05) is 76.0 Å². The average molecular weight is 999 g/mol. The van der Waals surface area contributed by atoms with Crippen molar-refractivity contribution in [3.63, 3.8) is 0 Å². The predicted molar refractivity (Wildman–Crippen MR) is 309 cm³/mol. The van der Waals surface area contributed by atoms with E-state index in [9.17, 15) is 19.8 Å². The van der Waals surface area contributed by atoms with Crippen molar-refractivity contribution < 1.29 is 19.8 Å². The SMILES string of the molecule is CC(=O)n1c(-c2cc(C)c(O)c(C)c2)nc(-c2ccc(N(C)C)cc2)c1-c1ccc(N(C)C)cc1.Cc1cc(-c2nc(-c3ccc(N(C)C)cc3)c(-c3ccc(N(C)C)cc3)n2C(=O)c2ccccc2)cc(C)c1O. The van der Waals surface area contributed by atoms with Gasteiger partial charge in [0.2, 0.25) is 5.91 Å². The molecule has 7 aromatic carbocycles. The zero-order chi connectivity index (χ0) is 54.0. The van der Waals surface area contributed by atoms with Crippen LogP contribution in [0.25, 0.3) is 67.8 Å². The van der Waals surface area contributed by atoms with Crippen molar-refractivity contribution in [2.24, 2.45) is 0 Å². The maximum absolute atomic E-state index is 14.3. The van der Waals surface area contributed by atoms with Crippen LogP contribution in [0, 0.1) is 27.7 Å². The summed E-state index contributed by atoms with van der Waals surface area (Å²) in [6.07, 6.45) is 0. The Bertz CT molecular complexity index is 3470. The van der Waals surface area contributed by atoms with Crippen molar-refractivity contribution in [3.05, 3.63) is 179 Å². The molecule has 2 N–H and O–H groups in total. The summed E-state index contributed by atoms with van der Waals surface area (Å²) in [6.45, 7) is 8.99. The molecule has 2 aromatic heterocycles. The molecule has 0 atom stereocenters. The lowest BCUT2D eigenvalue weighted by molar-refractivity contribution is 0.0937. The Morgan fingerprint density at radius 1 is 0.400 bits per heavy atom. The predicted octanol–water partition coefficient (Wildman–Crippen LogP) is 13.0. The molecule has 382 valence electrons. The summed E-state index contributed by atoms with van der Waals surface area (Å²) in [5.74, 6) is 1.29. The van der Waals surface area contributed by atoms with Gasteiger partial charge >= 0.3 is 0 Å². The van der Waals surface area contributed by atoms with Gasteiger partial charge in [-0.05, 0) is 135 Å². The highest BCUT2D eigenvalue weighted by Crippen LogP contribution is 2.41. The Balaban J connectivity index is 0.000000201. The molecule has 0 fully saturated rings. The highest BCUT2D eigenvalue weighted by molar-refractivity contribution is 6.03. The number of phenols is 2. The Morgan fingerprint density at radius 3 is 1.00 bits per heavy atom. The van der Waals surface area contributed by atoms with Gasteiger partial charge in [0.15, 0.2) is 0 Å². The summed E-state index contributed by atoms with van der Waals surface area (Å²) in [6, 6.07) is 49.5. The van der Waals surface area contributed by atoms with Crippen LogP contribution in [0.3, 0.4) is 0 Å². The number of phenolic OH excluding ortho intramolecular Hbond substituents is 2. The molecule has 0 radical (unpaired) electrons. The van der Waals surface area contributed by atoms with Crippen LogP contribution in [0.15, 0.2) is 152 Å². The summed E-state index contributed by atoms with van der Waals surface area (Å²) >= 11 is 0. The van der Waals surface area contributed by atoms with Gasteiger partial charge in [-0.15, -0.1) is 0 Å². The molecule has 0 bridgehead atoms. The minimum atomic E-state index is -0.172. The van der Waals surface area contributed by atoms with Crippen molar-refractivity contribution in [1.29, 1.82) is 0 Å². The lowest BCUT2D eigenvalue weighted by atomic mass is 10.0. The van der Waals surface area contributed by atoms with Gasteiger partial charge in [0, 0.05) is 125 Å². The zero-order valence-electron chi connectivity index (χ0n) is 45.2. The lowest BCUT2D eigenvalue weighted by Gasteiger charge is -2.16. The van der Waals surface area contributed by atoms with E-state index >= 15 is 0 Å². The third kappa shape index (κ3) is 10.8. The molecule has 12 nitrogen and oxygen atoms in total. The fourth-order valence-corrected chi connectivity index (χ4v) is 9.22. The molecule has 75 heavy (non-hydrogen) atoms. The number of aromatic hydroxyl groups is 2. The van der Waals surface area contributed by atoms with Gasteiger partial charge in [-0.3, -0.25) is 18.7 Å². The van der Waals surface area contributed by atoms with Crippen molar-refractivity contribution in [2.45, 2.75) is 34.6 Å². The summed E-state index contributed by atoms with van der Waals surface area (Å²) in [5.41, 5.74) is 15.9. The number of benzene rings is 7. The molecular weight excluding hydrogens is 933 g/mol. The highest BCUT2D eigenvalue weighted by atomic mass is 16.3. The quantitative estimate of drug-likeness (QED) is 0.129. The average Bonchev–Trinajstić information content (AvgIpc) is 4.01. The molecule has 0 spiro atoms. The fourth-order valence-electron chi connectivity index (χ4n) is 9.22. The molecule has 0 saturated carbocycles. The van der Waals surface area contributed by atoms with E-state index in [2.05, 4.69) is 29.2 Å². The van der Waals surface area contributed by atoms with Gasteiger partial charge in [0.1, 0.15) is 23.1 Å². The van der Waals surface area contributed by atoms with E-state index in [-0.39, 0.29) is 23.3 Å². The second-order valence-corrected chi connectivity index (χ2v) is 19.8. The fraction of sp³-hybridized carbons (Fsp3) is 0.206. The third-order valence-electron chi connectivity index (χ3n) is 13.4. The number of nitrogens with zero attached hydrogens (tertiary/aromatic N) is 8. The van der Waals surface area contributed by atoms with Gasteiger partial charge in [-0.2, -0.15) is 0 Å². The number of hydrogen-bond donors (Lipinski definition) is 2. The number of hydrogen-bond acceptors (Lipinski definition) is 10. The van der Waals surface area contributed by atoms with Gasteiger partial charge < -0.3 is 29.8 Å². The molecule has 0 aliphatic carbocycles. The first-order valence-electron chi connectivity index (χ1n) is 24.8. The number of aryl methyl sites for hydroxylation is 4. The van der Waals surface area contributed by atoms with Gasteiger partial charge in [-0.25, -0.2) is 9.97 Å². The zero-order valence-corrected chi connectivity index (χ0v) is 45.2. The summed E-state index contributed by atoms with van der Waals surface area (Å²) < 4.78 is 3.41. The first kappa shape index (κ1) is 52.4. The van der Waals surface area contributed by atoms with Crippen LogP contribution in [0.2, 0.25) is 0 Å². The molecule has 2 heterocycles. The van der Waals surface area contributed by atoms with Crippen LogP contribution in [-0.4, -0.2) is 97.5 Å². The molecule has 0 saturated heterocycles. The van der Waals surface area contributed by atoms with E-state index in [1.54, 1.807) is 16.1 Å². The Kier molecular flexibility index (Phi) is 15.1. The van der Waals surface area contributed by atoms with E-state index in [4.69, 9.17) is 9.97 Å². The van der Waals surface area contributed by atoms with Crippen LogP contribution < -0.4 is 19.6 Å². The van der Waals surface area contributed by atoms with Crippen molar-refractivity contribution in [3.8, 4) is 79.3 Å². The number of aromatic nitrogens is 4. The van der Waals surface area contributed by atoms with Gasteiger partial charge in [-0.1, -0.05) is 66.7 Å². The monoisotopic (exact) mass is 999 g/mol. The number of rotatable bonds is 11. The van der Waals surface area contributed by atoms with Crippen molar-refractivity contribution >= 4 is 34.6 Å². The van der Waals surface area contributed by atoms with Gasteiger partial charge in [0.05, 0.1) is 22.8 Å². The minimum absolute atomic E-state index is 0.126. The normalized spacial score (nSPS) is 10.9. The molecule has 0 aliphatic heterocycles. The summed E-state index contributed by atoms with van der Waals surface area (Å²) in [5, 5.41) is 20.8. The van der Waals surface area contributed by atoms with Gasteiger partial charge in [0.25, 0.3) is 5.91 Å². The van der Waals surface area contributed by atoms with Crippen LogP contribution in [-0.2, 0) is 0 Å². The highest BCUT2D eigenvalue weighted by Gasteiger charge is 2.28. The molecule has 9 rings (SSSR count). The van der Waals surface area contributed by atoms with E-state index in [1.165, 1.54) is 0 Å². The third-order valence-corrected chi connectivity index (χ3v) is 13.4. The number of imidazole rings is 2. The minimum Gasteiger partial charge on any atom is -0.507 e. The van der Waals surface area contributed by atoms with Crippen LogP contribution in [0.1, 0.15) is 44.3 Å². The van der Waals surface area contributed by atoms with Crippen LogP contribution in [0.4, 0.5) is 22.7 Å². The molecule has 0 aliphatic rings. The first-order valence-corrected chi connectivity index (χ1v) is 24.8. The van der Waals surface area contributed by atoms with E-state index in [1.807, 2.05) is 226 Å². The summed E-state index contributed by atoms with van der Waals surface area (Å²) in [7, 11) is 16.0. The largest absolute Gasteiger partial charge is 0.507 e. The van der Waals surface area contributed by atoms with Crippen molar-refractivity contribution in [1.82, 2.24) is 19.1 Å². The Hall–Kier alpha value is -8.90. The Labute approximate surface area is 441 Å². The number of carbonyl (C=O) groups is 2. The van der Waals surface area contributed by atoms with Crippen LogP contribution >= 0.6 is 0 Å². The first-order chi connectivity index (χ1) is 35.7. The molecular formula is C63H66N8O4. The maximum Gasteiger partial charge on any atom is 0.264 e. The second kappa shape index (κ2) is 21.7. The molecule has 9 aromatic rings. The lowest BCUT2D eigenvalue weighted by Crippen LogP contribution is -2.15. The Morgan fingerprint density at radius 2 is 0.693 bits per heavy atom. The standard InChI is InChI=1S/C34H34N4O2.C29H32N4O2/c1-22-20-27(21-23(2)32(22)39)33-35-30(24-12-16-28(17-13-24)36(3)4)31(25-14-18-29(19-15-25)37(5)6)38(33)34(40)26-10-8-7-9-11-26;1-18-16-23(17-19(2)28(18)35)29-30-26(21-8-12-24(13-9-21)31(4)5)27(33(29)20(3)34)22-10-14-25(15-11-22)32(6)7/h7-21,39H,1-6H3;8-17,35H,1-7H3. The number of carbonyl (C=O) groups excluding carboxylic acids is 2. The molecule has 12 heteroatoms. The molecule has 0 amide bonds. The van der Waals surface area contributed by atoms with E-state index in [0.717, 1.165) is 95.5 Å². The maximum atomic E-state index is 14.3. The summed E-state index contributed by atoms with van der Waals surface area (Å²) in [4.78, 5) is 45.8. The van der Waals surface area contributed by atoms with E-state index < -0.39 is 0 Å².